The van der Waals surface area contributed by atoms with Crippen LogP contribution in [0.3, 0.4) is 0 Å². The molecule has 0 aliphatic heterocycles. The zero-order valence-corrected chi connectivity index (χ0v) is 11.3. The minimum Gasteiger partial charge on any atom is -0.450 e. The molecule has 0 spiro atoms. The number of ether oxygens (including phenoxy) is 1. The van der Waals surface area contributed by atoms with Gasteiger partial charge in [-0.25, -0.2) is 4.79 Å². The standard InChI is InChI=1S/C12H11ClN4O3/c1-2-20-12(19)15-11(18)10(7-14)17-16-9-5-3-8(13)4-6-9/h3-6,16H,2H2,1H3,(H,15,18,19). The molecular weight excluding hydrogens is 284 g/mol. The second-order valence-electron chi connectivity index (χ2n) is 3.37. The van der Waals surface area contributed by atoms with Crippen molar-refractivity contribution in [1.82, 2.24) is 5.32 Å². The zero-order chi connectivity index (χ0) is 15.0. The third-order valence-electron chi connectivity index (χ3n) is 1.95. The first-order chi connectivity index (χ1) is 9.56. The highest BCUT2D eigenvalue weighted by Gasteiger charge is 2.15. The number of carbonyl (C=O) groups is 2. The lowest BCUT2D eigenvalue weighted by atomic mass is 10.3. The van der Waals surface area contributed by atoms with E-state index >= 15 is 0 Å². The molecule has 0 fully saturated rings. The lowest BCUT2D eigenvalue weighted by molar-refractivity contribution is -0.114. The fourth-order valence-electron chi connectivity index (χ4n) is 1.09. The van der Waals surface area contributed by atoms with Crippen LogP contribution in [-0.2, 0) is 9.53 Å². The molecule has 0 saturated carbocycles. The van der Waals surface area contributed by atoms with Crippen molar-refractivity contribution in [3.63, 3.8) is 0 Å². The summed E-state index contributed by atoms with van der Waals surface area (Å²) in [6, 6.07) is 8.03. The number of nitrogens with zero attached hydrogens (tertiary/aromatic N) is 2. The van der Waals surface area contributed by atoms with Crippen LogP contribution in [0.5, 0.6) is 0 Å². The fourth-order valence-corrected chi connectivity index (χ4v) is 1.22. The van der Waals surface area contributed by atoms with Crippen molar-refractivity contribution >= 4 is 35.0 Å². The lowest BCUT2D eigenvalue weighted by Crippen LogP contribution is -2.36. The van der Waals surface area contributed by atoms with Crippen molar-refractivity contribution in [3.05, 3.63) is 29.3 Å². The van der Waals surface area contributed by atoms with Crippen LogP contribution in [0.2, 0.25) is 5.02 Å². The molecular formula is C12H11ClN4O3. The highest BCUT2D eigenvalue weighted by molar-refractivity contribution is 6.46. The average molecular weight is 295 g/mol. The number of anilines is 1. The molecule has 0 aliphatic carbocycles. The minimum absolute atomic E-state index is 0.112. The van der Waals surface area contributed by atoms with Gasteiger partial charge in [0.2, 0.25) is 5.71 Å². The molecule has 2 amide bonds. The number of hydrogen-bond donors (Lipinski definition) is 2. The number of imide groups is 1. The Morgan fingerprint density at radius 2 is 2.05 bits per heavy atom. The predicted octanol–water partition coefficient (Wildman–Crippen LogP) is 1.90. The number of halogens is 1. The maximum absolute atomic E-state index is 11.5. The first kappa shape index (κ1) is 15.5. The molecule has 0 aromatic heterocycles. The third kappa shape index (κ3) is 4.96. The Bertz CT molecular complexity index is 563. The van der Waals surface area contributed by atoms with Crippen LogP contribution in [0.4, 0.5) is 10.5 Å². The van der Waals surface area contributed by atoms with E-state index in [1.165, 1.54) is 0 Å². The Balaban J connectivity index is 2.68. The van der Waals surface area contributed by atoms with Gasteiger partial charge in [0.1, 0.15) is 6.07 Å². The molecule has 1 aromatic carbocycles. The van der Waals surface area contributed by atoms with E-state index in [0.29, 0.717) is 10.7 Å². The molecule has 0 bridgehead atoms. The molecule has 0 aliphatic rings. The Labute approximate surface area is 120 Å². The fraction of sp³-hybridized carbons (Fsp3) is 0.167. The summed E-state index contributed by atoms with van der Waals surface area (Å²) in [7, 11) is 0. The molecule has 0 radical (unpaired) electrons. The van der Waals surface area contributed by atoms with Crippen molar-refractivity contribution in [2.24, 2.45) is 5.10 Å². The van der Waals surface area contributed by atoms with Gasteiger partial charge in [-0.3, -0.25) is 15.5 Å². The first-order valence-corrected chi connectivity index (χ1v) is 5.92. The number of hydrogen-bond acceptors (Lipinski definition) is 6. The molecule has 0 atom stereocenters. The molecule has 0 heterocycles. The van der Waals surface area contributed by atoms with Crippen molar-refractivity contribution in [2.45, 2.75) is 6.92 Å². The van der Waals surface area contributed by atoms with Gasteiger partial charge in [0.25, 0.3) is 5.91 Å². The average Bonchev–Trinajstić information content (AvgIpc) is 2.41. The van der Waals surface area contributed by atoms with Crippen LogP contribution < -0.4 is 10.7 Å². The molecule has 1 aromatic rings. The molecule has 0 unspecified atom stereocenters. The maximum atomic E-state index is 11.5. The molecule has 2 N–H and O–H groups in total. The summed E-state index contributed by atoms with van der Waals surface area (Å²) >= 11 is 5.71. The van der Waals surface area contributed by atoms with Gasteiger partial charge >= 0.3 is 6.09 Å². The van der Waals surface area contributed by atoms with Gasteiger partial charge in [0.05, 0.1) is 12.3 Å². The quantitative estimate of drug-likeness (QED) is 0.652. The Kier molecular flexibility index (Phi) is 6.00. The second-order valence-corrected chi connectivity index (χ2v) is 3.80. The minimum atomic E-state index is -0.951. The molecule has 104 valence electrons. The van der Waals surface area contributed by atoms with Gasteiger partial charge < -0.3 is 4.74 Å². The smallest absolute Gasteiger partial charge is 0.414 e. The predicted molar refractivity (Wildman–Crippen MR) is 73.3 cm³/mol. The first-order valence-electron chi connectivity index (χ1n) is 5.54. The third-order valence-corrected chi connectivity index (χ3v) is 2.21. The number of carbonyl (C=O) groups excluding carboxylic acids is 2. The van der Waals surface area contributed by atoms with Gasteiger partial charge in [0.15, 0.2) is 0 Å². The lowest BCUT2D eigenvalue weighted by Gasteiger charge is -2.03. The topological polar surface area (TPSA) is 104 Å². The molecule has 7 nitrogen and oxygen atoms in total. The molecule has 8 heteroatoms. The van der Waals surface area contributed by atoms with E-state index in [1.54, 1.807) is 37.3 Å². The van der Waals surface area contributed by atoms with Crippen LogP contribution in [0.1, 0.15) is 6.92 Å². The largest absolute Gasteiger partial charge is 0.450 e. The van der Waals surface area contributed by atoms with E-state index in [0.717, 1.165) is 0 Å². The van der Waals surface area contributed by atoms with Crippen LogP contribution in [0.15, 0.2) is 29.4 Å². The van der Waals surface area contributed by atoms with Gasteiger partial charge in [-0.2, -0.15) is 10.4 Å². The van der Waals surface area contributed by atoms with Crippen LogP contribution in [0.25, 0.3) is 0 Å². The Morgan fingerprint density at radius 3 is 2.60 bits per heavy atom. The second kappa shape index (κ2) is 7.76. The SMILES string of the molecule is CCOC(=O)NC(=O)C(C#N)=NNc1ccc(Cl)cc1. The van der Waals surface area contributed by atoms with E-state index in [4.69, 9.17) is 16.9 Å². The number of nitrogens with one attached hydrogen (secondary N) is 2. The zero-order valence-electron chi connectivity index (χ0n) is 10.5. The number of amides is 2. The number of benzene rings is 1. The molecule has 0 saturated heterocycles. The van der Waals surface area contributed by atoms with Gasteiger partial charge in [0, 0.05) is 5.02 Å². The van der Waals surface area contributed by atoms with E-state index in [1.807, 2.05) is 5.32 Å². The van der Waals surface area contributed by atoms with Crippen molar-refractivity contribution in [1.29, 1.82) is 5.26 Å². The van der Waals surface area contributed by atoms with E-state index < -0.39 is 17.7 Å². The number of alkyl carbamates (subject to hydrolysis) is 1. The van der Waals surface area contributed by atoms with Crippen LogP contribution in [-0.4, -0.2) is 24.3 Å². The summed E-state index contributed by atoms with van der Waals surface area (Å²) in [6.07, 6.45) is -0.938. The van der Waals surface area contributed by atoms with E-state index in [9.17, 15) is 9.59 Å². The highest BCUT2D eigenvalue weighted by atomic mass is 35.5. The summed E-state index contributed by atoms with van der Waals surface area (Å²) in [5.74, 6) is -0.951. The number of nitriles is 1. The number of rotatable bonds is 4. The Morgan fingerprint density at radius 1 is 1.40 bits per heavy atom. The highest BCUT2D eigenvalue weighted by Crippen LogP contribution is 2.13. The van der Waals surface area contributed by atoms with Crippen molar-refractivity contribution in [2.75, 3.05) is 12.0 Å². The van der Waals surface area contributed by atoms with Gasteiger partial charge in [-0.15, -0.1) is 0 Å². The summed E-state index contributed by atoms with van der Waals surface area (Å²) in [6.45, 7) is 1.70. The summed E-state index contributed by atoms with van der Waals surface area (Å²) in [4.78, 5) is 22.5. The summed E-state index contributed by atoms with van der Waals surface area (Å²) in [5, 5.41) is 14.8. The molecule has 1 rings (SSSR count). The van der Waals surface area contributed by atoms with Crippen molar-refractivity contribution < 1.29 is 14.3 Å². The van der Waals surface area contributed by atoms with E-state index in [-0.39, 0.29) is 6.61 Å². The van der Waals surface area contributed by atoms with E-state index in [2.05, 4.69) is 15.3 Å². The maximum Gasteiger partial charge on any atom is 0.414 e. The summed E-state index contributed by atoms with van der Waals surface area (Å²) < 4.78 is 4.51. The van der Waals surface area contributed by atoms with Gasteiger partial charge in [-0.05, 0) is 31.2 Å². The molecule has 20 heavy (non-hydrogen) atoms. The van der Waals surface area contributed by atoms with Gasteiger partial charge in [-0.1, -0.05) is 11.6 Å². The van der Waals surface area contributed by atoms with Crippen LogP contribution >= 0.6 is 11.6 Å². The monoisotopic (exact) mass is 294 g/mol. The van der Waals surface area contributed by atoms with Crippen LogP contribution in [0, 0.1) is 11.3 Å². The number of hydrazone groups is 1. The normalized spacial score (nSPS) is 10.3. The Hall–Kier alpha value is -2.59. The summed E-state index contributed by atoms with van der Waals surface area (Å²) in [5.41, 5.74) is 2.53. The van der Waals surface area contributed by atoms with Crippen molar-refractivity contribution in [3.8, 4) is 6.07 Å².